The van der Waals surface area contributed by atoms with E-state index in [0.717, 1.165) is 0 Å². The lowest BCUT2D eigenvalue weighted by atomic mass is 10.1. The zero-order chi connectivity index (χ0) is 14.5. The van der Waals surface area contributed by atoms with Crippen LogP contribution in [0, 0.1) is 0 Å². The first kappa shape index (κ1) is 13.7. The smallest absolute Gasteiger partial charge is 0.337 e. The first-order valence-corrected chi connectivity index (χ1v) is 5.75. The number of esters is 1. The summed E-state index contributed by atoms with van der Waals surface area (Å²) in [6.07, 6.45) is 2.90. The second kappa shape index (κ2) is 5.94. The molecule has 0 atom stereocenters. The Hall–Kier alpha value is -2.73. The van der Waals surface area contributed by atoms with Crippen molar-refractivity contribution in [3.05, 3.63) is 59.9 Å². The Morgan fingerprint density at radius 2 is 1.80 bits per heavy atom. The summed E-state index contributed by atoms with van der Waals surface area (Å²) in [6, 6.07) is 8.94. The first-order valence-electron chi connectivity index (χ1n) is 5.75. The van der Waals surface area contributed by atoms with Crippen LogP contribution in [0.2, 0.25) is 0 Å². The highest BCUT2D eigenvalue weighted by molar-refractivity contribution is 6.04. The number of pyridine rings is 1. The second-order valence-electron chi connectivity index (χ2n) is 3.90. The Balaban J connectivity index is 2.19. The predicted molar refractivity (Wildman–Crippen MR) is 70.6 cm³/mol. The van der Waals surface area contributed by atoms with E-state index in [4.69, 9.17) is 0 Å². The van der Waals surface area contributed by atoms with Crippen molar-refractivity contribution in [2.75, 3.05) is 12.2 Å². The van der Waals surface area contributed by atoms with Crippen LogP contribution in [0.3, 0.4) is 0 Å². The molecule has 0 bridgehead atoms. The average Bonchev–Trinajstić information content (AvgIpc) is 2.53. The van der Waals surface area contributed by atoms with Crippen molar-refractivity contribution in [3.8, 4) is 0 Å². The van der Waals surface area contributed by atoms with Crippen LogP contribution < -0.4 is 5.06 Å². The number of benzene rings is 1. The molecule has 0 aliphatic carbocycles. The average molecular weight is 272 g/mol. The van der Waals surface area contributed by atoms with Crippen molar-refractivity contribution in [1.29, 1.82) is 0 Å². The van der Waals surface area contributed by atoms with Crippen LogP contribution in [0.4, 0.5) is 5.69 Å². The molecule has 2 rings (SSSR count). The maximum Gasteiger partial charge on any atom is 0.337 e. The van der Waals surface area contributed by atoms with Gasteiger partial charge in [0.05, 0.1) is 24.6 Å². The maximum absolute atomic E-state index is 12.0. The molecule has 1 amide bonds. The zero-order valence-electron chi connectivity index (χ0n) is 10.7. The van der Waals surface area contributed by atoms with Gasteiger partial charge in [-0.3, -0.25) is 15.0 Å². The molecule has 6 heteroatoms. The number of amides is 1. The molecular weight excluding hydrogens is 260 g/mol. The van der Waals surface area contributed by atoms with Crippen LogP contribution in [0.1, 0.15) is 20.7 Å². The monoisotopic (exact) mass is 272 g/mol. The lowest BCUT2D eigenvalue weighted by molar-refractivity contribution is 0.0600. The zero-order valence-corrected chi connectivity index (χ0v) is 10.7. The largest absolute Gasteiger partial charge is 0.465 e. The van der Waals surface area contributed by atoms with E-state index in [2.05, 4.69) is 9.72 Å². The molecule has 0 saturated heterocycles. The van der Waals surface area contributed by atoms with E-state index in [9.17, 15) is 14.8 Å². The summed E-state index contributed by atoms with van der Waals surface area (Å²) in [6.45, 7) is 0. The minimum Gasteiger partial charge on any atom is -0.465 e. The van der Waals surface area contributed by atoms with Gasteiger partial charge in [0.15, 0.2) is 0 Å². The summed E-state index contributed by atoms with van der Waals surface area (Å²) >= 11 is 0. The van der Waals surface area contributed by atoms with Gasteiger partial charge in [-0.1, -0.05) is 0 Å². The fourth-order valence-corrected chi connectivity index (χ4v) is 1.59. The molecule has 0 unspecified atom stereocenters. The number of carbonyl (C=O) groups is 2. The summed E-state index contributed by atoms with van der Waals surface area (Å²) < 4.78 is 4.56. The Bertz CT molecular complexity index is 611. The third kappa shape index (κ3) is 2.81. The van der Waals surface area contributed by atoms with Crippen LogP contribution >= 0.6 is 0 Å². The quantitative estimate of drug-likeness (QED) is 0.524. The number of hydrogen-bond acceptors (Lipinski definition) is 5. The lowest BCUT2D eigenvalue weighted by Crippen LogP contribution is -2.27. The molecule has 20 heavy (non-hydrogen) atoms. The van der Waals surface area contributed by atoms with Crippen molar-refractivity contribution in [1.82, 2.24) is 4.98 Å². The van der Waals surface area contributed by atoms with E-state index >= 15 is 0 Å². The molecule has 1 aromatic carbocycles. The van der Waals surface area contributed by atoms with Crippen LogP contribution in [0.25, 0.3) is 0 Å². The van der Waals surface area contributed by atoms with Crippen molar-refractivity contribution in [2.24, 2.45) is 0 Å². The lowest BCUT2D eigenvalue weighted by Gasteiger charge is -2.14. The molecule has 1 aromatic heterocycles. The van der Waals surface area contributed by atoms with Gasteiger partial charge in [0.25, 0.3) is 5.91 Å². The molecule has 0 radical (unpaired) electrons. The van der Waals surface area contributed by atoms with Gasteiger partial charge in [-0.25, -0.2) is 4.79 Å². The van der Waals surface area contributed by atoms with E-state index in [-0.39, 0.29) is 11.3 Å². The number of aromatic nitrogens is 1. The van der Waals surface area contributed by atoms with E-state index in [1.54, 1.807) is 12.1 Å². The number of carbonyl (C=O) groups excluding carboxylic acids is 2. The van der Waals surface area contributed by atoms with Gasteiger partial charge in [0, 0.05) is 11.8 Å². The molecule has 0 spiro atoms. The van der Waals surface area contributed by atoms with Crippen LogP contribution in [-0.2, 0) is 4.74 Å². The van der Waals surface area contributed by atoms with Gasteiger partial charge < -0.3 is 4.74 Å². The van der Waals surface area contributed by atoms with Gasteiger partial charge in [0.2, 0.25) is 0 Å². The first-order chi connectivity index (χ1) is 9.63. The summed E-state index contributed by atoms with van der Waals surface area (Å²) in [5.74, 6) is -1.11. The van der Waals surface area contributed by atoms with Crippen LogP contribution in [0.15, 0.2) is 48.8 Å². The molecule has 1 N–H and O–H groups in total. The number of anilines is 1. The minimum absolute atomic E-state index is 0.240. The SMILES string of the molecule is COC(=O)c1ccc(C(=O)N(O)c2cccnc2)cc1. The standard InChI is InChI=1S/C14H12N2O4/c1-20-14(18)11-6-4-10(5-7-11)13(17)16(19)12-3-2-8-15-9-12/h2-9,19H,1H3. The van der Waals surface area contributed by atoms with Gasteiger partial charge in [-0.15, -0.1) is 0 Å². The summed E-state index contributed by atoms with van der Waals surface area (Å²) in [4.78, 5) is 27.1. The highest BCUT2D eigenvalue weighted by atomic mass is 16.5. The van der Waals surface area contributed by atoms with Crippen molar-refractivity contribution < 1.29 is 19.5 Å². The Morgan fingerprint density at radius 3 is 2.35 bits per heavy atom. The molecule has 0 aliphatic rings. The Morgan fingerprint density at radius 1 is 1.15 bits per heavy atom. The van der Waals surface area contributed by atoms with E-state index in [0.29, 0.717) is 10.6 Å². The molecular formula is C14H12N2O4. The predicted octanol–water partition coefficient (Wildman–Crippen LogP) is 1.90. The number of rotatable bonds is 3. The molecule has 1 heterocycles. The van der Waals surface area contributed by atoms with Crippen molar-refractivity contribution in [3.63, 3.8) is 0 Å². The van der Waals surface area contributed by atoms with Crippen LogP contribution in [0.5, 0.6) is 0 Å². The third-order valence-corrected chi connectivity index (χ3v) is 2.64. The number of hydroxylamine groups is 1. The van der Waals surface area contributed by atoms with Gasteiger partial charge in [0.1, 0.15) is 0 Å². The molecule has 102 valence electrons. The van der Waals surface area contributed by atoms with Crippen molar-refractivity contribution >= 4 is 17.6 Å². The van der Waals surface area contributed by atoms with Crippen LogP contribution in [-0.4, -0.2) is 29.2 Å². The second-order valence-corrected chi connectivity index (χ2v) is 3.90. The number of methoxy groups -OCH3 is 1. The number of nitrogens with zero attached hydrogens (tertiary/aromatic N) is 2. The highest BCUT2D eigenvalue weighted by Crippen LogP contribution is 2.14. The fourth-order valence-electron chi connectivity index (χ4n) is 1.59. The maximum atomic E-state index is 12.0. The third-order valence-electron chi connectivity index (χ3n) is 2.64. The minimum atomic E-state index is -0.616. The summed E-state index contributed by atoms with van der Waals surface area (Å²) in [5, 5.41) is 10.3. The topological polar surface area (TPSA) is 79.7 Å². The van der Waals surface area contributed by atoms with E-state index < -0.39 is 11.9 Å². The molecule has 2 aromatic rings. The fraction of sp³-hybridized carbons (Fsp3) is 0.0714. The number of hydrogen-bond donors (Lipinski definition) is 1. The Labute approximate surface area is 115 Å². The van der Waals surface area contributed by atoms with Crippen molar-refractivity contribution in [2.45, 2.75) is 0 Å². The van der Waals surface area contributed by atoms with E-state index in [1.165, 1.54) is 43.8 Å². The summed E-state index contributed by atoms with van der Waals surface area (Å²) in [7, 11) is 1.28. The van der Waals surface area contributed by atoms with Gasteiger partial charge >= 0.3 is 5.97 Å². The Kier molecular flexibility index (Phi) is 4.07. The van der Waals surface area contributed by atoms with Gasteiger partial charge in [-0.05, 0) is 36.4 Å². The number of ether oxygens (including phenoxy) is 1. The summed E-state index contributed by atoms with van der Waals surface area (Å²) in [5.41, 5.74) is 0.827. The normalized spacial score (nSPS) is 9.90. The molecule has 0 aliphatic heterocycles. The molecule has 0 saturated carbocycles. The molecule has 6 nitrogen and oxygen atoms in total. The molecule has 0 fully saturated rings. The van der Waals surface area contributed by atoms with E-state index in [1.807, 2.05) is 0 Å². The highest BCUT2D eigenvalue weighted by Gasteiger charge is 2.16. The van der Waals surface area contributed by atoms with Gasteiger partial charge in [-0.2, -0.15) is 5.06 Å².